The first-order valence-electron chi connectivity index (χ1n) is 11.7. The lowest BCUT2D eigenvalue weighted by Crippen LogP contribution is -2.25. The number of benzene rings is 3. The van der Waals surface area contributed by atoms with Crippen LogP contribution in [0.25, 0.3) is 27.4 Å². The minimum Gasteiger partial charge on any atom is -0.456 e. The van der Waals surface area contributed by atoms with Gasteiger partial charge in [0, 0.05) is 22.4 Å². The molecule has 0 fully saturated rings. The third-order valence-corrected chi connectivity index (χ3v) is 6.20. The van der Waals surface area contributed by atoms with Gasteiger partial charge < -0.3 is 9.15 Å². The Morgan fingerprint density at radius 2 is 1.64 bits per heavy atom. The van der Waals surface area contributed by atoms with Crippen molar-refractivity contribution >= 4 is 27.7 Å². The number of rotatable bonds is 5. The smallest absolute Gasteiger partial charge is 0.359 e. The molecule has 0 aliphatic carbocycles. The molecule has 7 nitrogen and oxygen atoms in total. The van der Waals surface area contributed by atoms with Crippen molar-refractivity contribution in [3.63, 3.8) is 0 Å². The molecule has 3 aromatic carbocycles. The Balaban J connectivity index is 1.56. The van der Waals surface area contributed by atoms with Crippen molar-refractivity contribution in [3.05, 3.63) is 116 Å². The Bertz CT molecular complexity index is 1730. The van der Waals surface area contributed by atoms with E-state index < -0.39 is 11.6 Å². The standard InChI is InChI=1S/C29H24N2O5/c1-17(2)23-15-24-19(14-26(32)36-25(24)13-18(23)3)16-35-29(34)27-21-11-7-8-12-22(21)28(33)31(30-27)20-9-5-4-6-10-20/h4-15,17H,16H2,1-3H3. The lowest BCUT2D eigenvalue weighted by molar-refractivity contribution is 0.0467. The molecule has 5 aromatic rings. The monoisotopic (exact) mass is 480 g/mol. The SMILES string of the molecule is Cc1cc2oc(=O)cc(COC(=O)c3nn(-c4ccccc4)c(=O)c4ccccc34)c2cc1C(C)C. The number of esters is 1. The fourth-order valence-corrected chi connectivity index (χ4v) is 4.43. The summed E-state index contributed by atoms with van der Waals surface area (Å²) in [6.07, 6.45) is 0. The molecule has 0 amide bonds. The van der Waals surface area contributed by atoms with E-state index in [1.807, 2.05) is 25.1 Å². The number of nitrogens with zero attached hydrogens (tertiary/aromatic N) is 2. The molecular formula is C29H24N2O5. The van der Waals surface area contributed by atoms with E-state index in [0.29, 0.717) is 33.0 Å². The third-order valence-electron chi connectivity index (χ3n) is 6.20. The van der Waals surface area contributed by atoms with E-state index in [9.17, 15) is 14.4 Å². The summed E-state index contributed by atoms with van der Waals surface area (Å²) >= 11 is 0. The number of carbonyl (C=O) groups excluding carboxylic acids is 1. The largest absolute Gasteiger partial charge is 0.456 e. The molecule has 180 valence electrons. The molecule has 2 aromatic heterocycles. The van der Waals surface area contributed by atoms with Gasteiger partial charge in [-0.05, 0) is 54.3 Å². The predicted molar refractivity (Wildman–Crippen MR) is 138 cm³/mol. The second kappa shape index (κ2) is 9.26. The fraction of sp³-hybridized carbons (Fsp3) is 0.172. The average Bonchev–Trinajstić information content (AvgIpc) is 2.87. The van der Waals surface area contributed by atoms with Gasteiger partial charge >= 0.3 is 11.6 Å². The number of fused-ring (bicyclic) bond motifs is 2. The summed E-state index contributed by atoms with van der Waals surface area (Å²) in [6, 6.07) is 20.8. The van der Waals surface area contributed by atoms with Crippen molar-refractivity contribution in [1.82, 2.24) is 9.78 Å². The van der Waals surface area contributed by atoms with Crippen LogP contribution in [0.15, 0.2) is 86.8 Å². The van der Waals surface area contributed by atoms with Gasteiger partial charge in [0.25, 0.3) is 5.56 Å². The van der Waals surface area contributed by atoms with Crippen LogP contribution in [-0.4, -0.2) is 15.7 Å². The van der Waals surface area contributed by atoms with Gasteiger partial charge in [0.1, 0.15) is 12.2 Å². The quantitative estimate of drug-likeness (QED) is 0.251. The minimum atomic E-state index is -0.700. The average molecular weight is 481 g/mol. The van der Waals surface area contributed by atoms with Crippen molar-refractivity contribution in [2.24, 2.45) is 0 Å². The van der Waals surface area contributed by atoms with Gasteiger partial charge in [-0.25, -0.2) is 9.59 Å². The topological polar surface area (TPSA) is 91.4 Å². The third kappa shape index (κ3) is 4.20. The van der Waals surface area contributed by atoms with Crippen LogP contribution in [0.2, 0.25) is 0 Å². The molecule has 0 spiro atoms. The van der Waals surface area contributed by atoms with Crippen LogP contribution in [0.5, 0.6) is 0 Å². The highest BCUT2D eigenvalue weighted by atomic mass is 16.5. The Morgan fingerprint density at radius 1 is 0.944 bits per heavy atom. The second-order valence-electron chi connectivity index (χ2n) is 8.97. The summed E-state index contributed by atoms with van der Waals surface area (Å²) < 4.78 is 12.2. The van der Waals surface area contributed by atoms with Crippen molar-refractivity contribution in [3.8, 4) is 5.69 Å². The first-order chi connectivity index (χ1) is 17.3. The molecular weight excluding hydrogens is 456 g/mol. The summed E-state index contributed by atoms with van der Waals surface area (Å²) in [5, 5.41) is 5.82. The van der Waals surface area contributed by atoms with E-state index in [1.165, 1.54) is 10.7 Å². The minimum absolute atomic E-state index is 0.0139. The molecule has 0 radical (unpaired) electrons. The van der Waals surface area contributed by atoms with Gasteiger partial charge in [-0.1, -0.05) is 50.2 Å². The fourth-order valence-electron chi connectivity index (χ4n) is 4.43. The van der Waals surface area contributed by atoms with Crippen molar-refractivity contribution < 1.29 is 13.9 Å². The summed E-state index contributed by atoms with van der Waals surface area (Å²) in [5.74, 6) is -0.431. The highest BCUT2D eigenvalue weighted by Gasteiger charge is 2.20. The zero-order valence-electron chi connectivity index (χ0n) is 20.1. The van der Waals surface area contributed by atoms with Gasteiger partial charge in [0.15, 0.2) is 5.69 Å². The number of ether oxygens (including phenoxy) is 1. The van der Waals surface area contributed by atoms with Crippen LogP contribution in [0.1, 0.15) is 46.9 Å². The normalized spacial score (nSPS) is 11.3. The number of hydrogen-bond acceptors (Lipinski definition) is 6. The van der Waals surface area contributed by atoms with Gasteiger partial charge in [-0.2, -0.15) is 9.78 Å². The van der Waals surface area contributed by atoms with Gasteiger partial charge in [-0.15, -0.1) is 0 Å². The van der Waals surface area contributed by atoms with Crippen LogP contribution in [-0.2, 0) is 11.3 Å². The van der Waals surface area contributed by atoms with Crippen molar-refractivity contribution in [1.29, 1.82) is 0 Å². The van der Waals surface area contributed by atoms with Crippen LogP contribution < -0.4 is 11.2 Å². The Kier molecular flexibility index (Phi) is 5.98. The summed E-state index contributed by atoms with van der Waals surface area (Å²) in [6.45, 7) is 6.00. The van der Waals surface area contributed by atoms with Gasteiger partial charge in [-0.3, -0.25) is 4.79 Å². The Labute approximate surface area is 206 Å². The van der Waals surface area contributed by atoms with E-state index in [2.05, 4.69) is 18.9 Å². The summed E-state index contributed by atoms with van der Waals surface area (Å²) in [4.78, 5) is 38.6. The van der Waals surface area contributed by atoms with E-state index in [0.717, 1.165) is 11.1 Å². The maximum atomic E-state index is 13.3. The molecule has 36 heavy (non-hydrogen) atoms. The van der Waals surface area contributed by atoms with Crippen LogP contribution in [0, 0.1) is 6.92 Å². The van der Waals surface area contributed by atoms with E-state index in [-0.39, 0.29) is 23.8 Å². The molecule has 2 heterocycles. The summed E-state index contributed by atoms with van der Waals surface area (Å²) in [5.41, 5.74) is 2.81. The van der Waals surface area contributed by atoms with Crippen LogP contribution >= 0.6 is 0 Å². The van der Waals surface area contributed by atoms with Gasteiger partial charge in [0.05, 0.1) is 11.1 Å². The number of carbonyl (C=O) groups is 1. The molecule has 0 saturated heterocycles. The first kappa shape index (κ1) is 23.2. The molecule has 0 saturated carbocycles. The van der Waals surface area contributed by atoms with E-state index in [1.54, 1.807) is 48.5 Å². The molecule has 7 heteroatoms. The second-order valence-corrected chi connectivity index (χ2v) is 8.97. The molecule has 5 rings (SSSR count). The molecule has 0 N–H and O–H groups in total. The Hall–Kier alpha value is -4.52. The van der Waals surface area contributed by atoms with E-state index >= 15 is 0 Å². The Morgan fingerprint density at radius 3 is 2.36 bits per heavy atom. The van der Waals surface area contributed by atoms with Gasteiger partial charge in [0.2, 0.25) is 0 Å². The van der Waals surface area contributed by atoms with Crippen LogP contribution in [0.4, 0.5) is 0 Å². The summed E-state index contributed by atoms with van der Waals surface area (Å²) in [7, 11) is 0. The first-order valence-corrected chi connectivity index (χ1v) is 11.7. The number of para-hydroxylation sites is 1. The zero-order chi connectivity index (χ0) is 25.4. The highest BCUT2D eigenvalue weighted by Crippen LogP contribution is 2.27. The highest BCUT2D eigenvalue weighted by molar-refractivity contribution is 6.02. The van der Waals surface area contributed by atoms with Crippen molar-refractivity contribution in [2.45, 2.75) is 33.3 Å². The predicted octanol–water partition coefficient (Wildman–Crippen LogP) is 5.28. The maximum Gasteiger partial charge on any atom is 0.359 e. The van der Waals surface area contributed by atoms with E-state index in [4.69, 9.17) is 9.15 Å². The molecule has 0 aliphatic rings. The van der Waals surface area contributed by atoms with Crippen LogP contribution in [0.3, 0.4) is 0 Å². The lowest BCUT2D eigenvalue weighted by Gasteiger charge is -2.14. The van der Waals surface area contributed by atoms with Crippen molar-refractivity contribution in [2.75, 3.05) is 0 Å². The molecule has 0 unspecified atom stereocenters. The number of aromatic nitrogens is 2. The zero-order valence-corrected chi connectivity index (χ0v) is 20.1. The lowest BCUT2D eigenvalue weighted by atomic mass is 9.95. The number of hydrogen-bond donors (Lipinski definition) is 0. The molecule has 0 bridgehead atoms. The molecule has 0 aliphatic heterocycles. The molecule has 0 atom stereocenters. The maximum absolute atomic E-state index is 13.3. The number of aryl methyl sites for hydroxylation is 1.